The number of benzene rings is 2. The molecule has 166 valence electrons. The van der Waals surface area contributed by atoms with Crippen LogP contribution in [0.25, 0.3) is 11.1 Å². The van der Waals surface area contributed by atoms with Crippen LogP contribution in [-0.2, 0) is 39.0 Å². The summed E-state index contributed by atoms with van der Waals surface area (Å²) in [4.78, 5) is -0.871. The zero-order valence-electron chi connectivity index (χ0n) is 15.0. The van der Waals surface area contributed by atoms with E-state index in [1.807, 2.05) is 0 Å². The van der Waals surface area contributed by atoms with Gasteiger partial charge in [-0.2, -0.15) is 16.8 Å². The van der Waals surface area contributed by atoms with E-state index in [4.69, 9.17) is 10.5 Å². The van der Waals surface area contributed by atoms with Gasteiger partial charge in [0.1, 0.15) is 0 Å². The van der Waals surface area contributed by atoms with Crippen molar-refractivity contribution in [3.05, 3.63) is 35.4 Å². The first kappa shape index (κ1) is 25.0. The Balaban J connectivity index is 2.81. The van der Waals surface area contributed by atoms with E-state index in [2.05, 4.69) is 18.7 Å². The maximum atomic E-state index is 11.8. The molecule has 0 aliphatic rings. The van der Waals surface area contributed by atoms with Gasteiger partial charge in [0.2, 0.25) is 0 Å². The Hall–Kier alpha value is -1.28. The number of rotatable bonds is 9. The van der Waals surface area contributed by atoms with E-state index in [1.54, 1.807) is 0 Å². The molecule has 0 amide bonds. The first-order chi connectivity index (χ1) is 13.9. The van der Waals surface area contributed by atoms with E-state index in [0.29, 0.717) is 24.1 Å². The number of hydrogen-bond acceptors (Lipinski definition) is 12. The molecule has 0 aromatic heterocycles. The van der Waals surface area contributed by atoms with Gasteiger partial charge in [0.25, 0.3) is 20.2 Å². The van der Waals surface area contributed by atoms with Crippen LogP contribution in [0.1, 0.15) is 11.1 Å². The molecule has 0 atom stereocenters. The Morgan fingerprint density at radius 3 is 1.30 bits per heavy atom. The van der Waals surface area contributed by atoms with Crippen molar-refractivity contribution in [2.45, 2.75) is 33.4 Å². The van der Waals surface area contributed by atoms with Crippen molar-refractivity contribution >= 4 is 44.3 Å². The molecule has 0 bridgehead atoms. The largest absolute Gasteiger partial charge is 0.294 e. The summed E-state index contributed by atoms with van der Waals surface area (Å²) in [5, 5.41) is 23.7. The Morgan fingerprint density at radius 1 is 0.700 bits per heavy atom. The van der Waals surface area contributed by atoms with Crippen LogP contribution in [-0.4, -0.2) is 36.5 Å². The third kappa shape index (κ3) is 5.90. The number of hydrogen-bond donors (Lipinski definition) is 4. The normalized spacial score (nSPS) is 12.3. The summed E-state index contributed by atoms with van der Waals surface area (Å²) in [6.45, 7) is 2.70. The molecule has 2 aromatic carbocycles. The average molecular weight is 503 g/mol. The molecule has 30 heavy (non-hydrogen) atoms. The summed E-state index contributed by atoms with van der Waals surface area (Å²) >= 11 is 0.838. The Bertz CT molecular complexity index is 1050. The van der Waals surface area contributed by atoms with E-state index in [1.165, 1.54) is 26.0 Å². The molecule has 0 fully saturated rings. The molecular weight excluding hydrogens is 488 g/mol. The fraction of sp³-hybridized carbons (Fsp3) is 0.143. The molecule has 2 aromatic rings. The molecule has 0 radical (unpaired) electrons. The fourth-order valence-electron chi connectivity index (χ4n) is 2.47. The van der Waals surface area contributed by atoms with Crippen LogP contribution < -0.4 is 0 Å². The second-order valence-electron chi connectivity index (χ2n) is 5.60. The van der Waals surface area contributed by atoms with Crippen molar-refractivity contribution in [3.8, 4) is 11.1 Å². The van der Waals surface area contributed by atoms with Gasteiger partial charge in [-0.25, -0.2) is 10.5 Å². The van der Waals surface area contributed by atoms with Crippen LogP contribution in [0.5, 0.6) is 0 Å². The van der Waals surface area contributed by atoms with Gasteiger partial charge in [0.05, 0.1) is 33.9 Å². The molecule has 0 spiro atoms. The summed E-state index contributed by atoms with van der Waals surface area (Å²) in [5.74, 6) is 0. The van der Waals surface area contributed by atoms with Crippen molar-refractivity contribution in [2.75, 3.05) is 0 Å². The van der Waals surface area contributed by atoms with Crippen LogP contribution in [0.15, 0.2) is 43.8 Å². The van der Waals surface area contributed by atoms with Gasteiger partial charge >= 0.3 is 0 Å². The maximum Gasteiger partial charge on any atom is 0.294 e. The van der Waals surface area contributed by atoms with Gasteiger partial charge in [0.15, 0.2) is 0 Å². The summed E-state index contributed by atoms with van der Waals surface area (Å²) in [6.07, 6.45) is 0. The minimum absolute atomic E-state index is 0.0528. The van der Waals surface area contributed by atoms with E-state index in [9.17, 15) is 25.9 Å². The highest BCUT2D eigenvalue weighted by atomic mass is 32.2. The predicted molar refractivity (Wildman–Crippen MR) is 102 cm³/mol. The van der Waals surface area contributed by atoms with Crippen LogP contribution in [0.2, 0.25) is 0 Å². The summed E-state index contributed by atoms with van der Waals surface area (Å²) in [5.41, 5.74) is 0.261. The molecular formula is C14H14O12S4. The summed E-state index contributed by atoms with van der Waals surface area (Å²) in [7, 11) is -9.41. The van der Waals surface area contributed by atoms with Gasteiger partial charge in [-0.15, -0.1) is 8.67 Å². The lowest BCUT2D eigenvalue weighted by Crippen LogP contribution is -2.05. The molecule has 0 aliphatic heterocycles. The minimum Gasteiger partial charge on any atom is -0.282 e. The van der Waals surface area contributed by atoms with Crippen molar-refractivity contribution in [2.24, 2.45) is 0 Å². The molecule has 12 nitrogen and oxygen atoms in total. The first-order valence-corrected chi connectivity index (χ1v) is 11.8. The first-order valence-electron chi connectivity index (χ1n) is 7.44. The van der Waals surface area contributed by atoms with E-state index >= 15 is 0 Å². The van der Waals surface area contributed by atoms with Crippen LogP contribution in [0, 0.1) is 13.8 Å². The van der Waals surface area contributed by atoms with Gasteiger partial charge in [-0.3, -0.25) is 9.11 Å². The van der Waals surface area contributed by atoms with Gasteiger partial charge < -0.3 is 0 Å². The monoisotopic (exact) mass is 502 g/mol. The summed E-state index contributed by atoms with van der Waals surface area (Å²) < 4.78 is 74.8. The molecule has 0 saturated carbocycles. The second kappa shape index (κ2) is 9.90. The van der Waals surface area contributed by atoms with Crippen LogP contribution in [0.4, 0.5) is 0 Å². The zero-order chi connectivity index (χ0) is 22.7. The van der Waals surface area contributed by atoms with E-state index in [0.717, 1.165) is 12.1 Å². The Labute approximate surface area is 179 Å². The second-order valence-corrected chi connectivity index (χ2v) is 9.86. The van der Waals surface area contributed by atoms with Crippen LogP contribution in [0.3, 0.4) is 0 Å². The zero-order valence-corrected chi connectivity index (χ0v) is 18.3. The van der Waals surface area contributed by atoms with Gasteiger partial charge in [0, 0.05) is 9.79 Å². The minimum atomic E-state index is -4.71. The predicted octanol–water partition coefficient (Wildman–Crippen LogP) is 3.32. The highest BCUT2D eigenvalue weighted by molar-refractivity contribution is 7.95. The smallest absolute Gasteiger partial charge is 0.282 e. The summed E-state index contributed by atoms with van der Waals surface area (Å²) in [6, 6.07) is 4.82. The van der Waals surface area contributed by atoms with Crippen molar-refractivity contribution in [1.29, 1.82) is 0 Å². The fourth-order valence-corrected chi connectivity index (χ4v) is 5.17. The maximum absolute atomic E-state index is 11.8. The molecule has 2 rings (SSSR count). The topological polar surface area (TPSA) is 186 Å². The quantitative estimate of drug-likeness (QED) is 0.169. The lowest BCUT2D eigenvalue weighted by molar-refractivity contribution is -0.432. The van der Waals surface area contributed by atoms with E-state index in [-0.39, 0.29) is 32.0 Å². The molecule has 0 saturated heterocycles. The van der Waals surface area contributed by atoms with E-state index < -0.39 is 30.0 Å². The standard InChI is InChI=1S/C14H14O12S4/c1-7-11(27-25-23-15)3-9(5-13(7)29(17,18)19)10-4-12(28-26-24-16)8(2)14(6-10)30(20,21)22/h3-6,15-16H,1-2H3,(H,17,18,19)(H,20,21,22). The average Bonchev–Trinajstić information content (AvgIpc) is 2.64. The van der Waals surface area contributed by atoms with Gasteiger partial charge in [-0.05, 0) is 60.4 Å². The molecule has 4 N–H and O–H groups in total. The Morgan fingerprint density at radius 2 is 1.03 bits per heavy atom. The molecule has 16 heteroatoms. The van der Waals surface area contributed by atoms with Crippen molar-refractivity contribution in [1.82, 2.24) is 0 Å². The lowest BCUT2D eigenvalue weighted by Gasteiger charge is -2.14. The molecule has 0 aliphatic carbocycles. The SMILES string of the molecule is Cc1c(SOOO)cc(-c2cc(SOOO)c(C)c(S(=O)(=O)O)c2)cc1S(=O)(=O)O. The Kier molecular flexibility index (Phi) is 8.24. The highest BCUT2D eigenvalue weighted by Crippen LogP contribution is 2.38. The molecule has 0 heterocycles. The van der Waals surface area contributed by atoms with Gasteiger partial charge in [-0.1, -0.05) is 10.1 Å². The van der Waals surface area contributed by atoms with Crippen LogP contribution >= 0.6 is 24.1 Å². The third-order valence-corrected chi connectivity index (χ3v) is 7.25. The van der Waals surface area contributed by atoms with Crippen molar-refractivity contribution < 1.29 is 55.2 Å². The lowest BCUT2D eigenvalue weighted by atomic mass is 10.0. The third-order valence-electron chi connectivity index (χ3n) is 3.82. The molecule has 0 unspecified atom stereocenters. The highest BCUT2D eigenvalue weighted by Gasteiger charge is 2.22. The van der Waals surface area contributed by atoms with Crippen molar-refractivity contribution in [3.63, 3.8) is 0 Å².